The fourth-order valence-corrected chi connectivity index (χ4v) is 2.10. The molecule has 1 fully saturated rings. The number of nitrogens with zero attached hydrogens (tertiary/aromatic N) is 1. The molecule has 0 bridgehead atoms. The van der Waals surface area contributed by atoms with Crippen LogP contribution >= 0.6 is 0 Å². The molecule has 0 aromatic carbocycles. The van der Waals surface area contributed by atoms with Gasteiger partial charge in [0.15, 0.2) is 0 Å². The second-order valence-corrected chi connectivity index (χ2v) is 6.36. The minimum absolute atomic E-state index is 0.0122. The third-order valence-electron chi connectivity index (χ3n) is 3.10. The normalized spacial score (nSPS) is 19.2. The van der Waals surface area contributed by atoms with Gasteiger partial charge in [0.25, 0.3) is 0 Å². The van der Waals surface area contributed by atoms with Crippen molar-refractivity contribution >= 4 is 12.1 Å². The molecule has 0 radical (unpaired) electrons. The molecule has 120 valence electrons. The molecule has 6 nitrogen and oxygen atoms in total. The van der Waals surface area contributed by atoms with Gasteiger partial charge in [-0.25, -0.2) is 9.59 Å². The van der Waals surface area contributed by atoms with Gasteiger partial charge in [-0.05, 0) is 33.6 Å². The van der Waals surface area contributed by atoms with E-state index >= 15 is 0 Å². The standard InChI is InChI=1S/C15H25NO5/c1-11(13(17)18)9-20-10-12-6-5-7-16(8-12)14(19)21-15(2,3)4/h12H,1,5-10H2,2-4H3,(H,17,18). The first kappa shape index (κ1) is 17.5. The number of ether oxygens (including phenoxy) is 2. The molecule has 1 saturated heterocycles. The van der Waals surface area contributed by atoms with Crippen molar-refractivity contribution in [3.8, 4) is 0 Å². The third kappa shape index (κ3) is 6.62. The van der Waals surface area contributed by atoms with Crippen LogP contribution in [0.2, 0.25) is 0 Å². The zero-order valence-corrected chi connectivity index (χ0v) is 13.1. The van der Waals surface area contributed by atoms with Gasteiger partial charge in [-0.15, -0.1) is 0 Å². The molecule has 0 aromatic rings. The first-order valence-electron chi connectivity index (χ1n) is 7.16. The molecule has 0 saturated carbocycles. The molecule has 6 heteroatoms. The second kappa shape index (κ2) is 7.45. The van der Waals surface area contributed by atoms with Crippen LogP contribution < -0.4 is 0 Å². The van der Waals surface area contributed by atoms with Crippen molar-refractivity contribution in [2.75, 3.05) is 26.3 Å². The van der Waals surface area contributed by atoms with E-state index in [1.165, 1.54) is 0 Å². The van der Waals surface area contributed by atoms with Gasteiger partial charge in [-0.2, -0.15) is 0 Å². The summed E-state index contributed by atoms with van der Waals surface area (Å²) in [5.41, 5.74) is -0.463. The van der Waals surface area contributed by atoms with Crippen LogP contribution in [-0.4, -0.2) is 54.0 Å². The van der Waals surface area contributed by atoms with Crippen LogP contribution in [0.3, 0.4) is 0 Å². The first-order chi connectivity index (χ1) is 9.69. The maximum atomic E-state index is 12.0. The van der Waals surface area contributed by atoms with E-state index in [0.717, 1.165) is 12.8 Å². The summed E-state index contributed by atoms with van der Waals surface area (Å²) in [5.74, 6) is -0.845. The largest absolute Gasteiger partial charge is 0.478 e. The molecule has 0 aromatic heterocycles. The van der Waals surface area contributed by atoms with E-state index in [1.807, 2.05) is 20.8 Å². The van der Waals surface area contributed by atoms with Crippen molar-refractivity contribution in [2.24, 2.45) is 5.92 Å². The Balaban J connectivity index is 2.37. The van der Waals surface area contributed by atoms with Crippen molar-refractivity contribution in [1.82, 2.24) is 4.90 Å². The van der Waals surface area contributed by atoms with Gasteiger partial charge in [-0.3, -0.25) is 0 Å². The molecule has 1 heterocycles. The number of carboxylic acids is 1. The number of piperidine rings is 1. The maximum Gasteiger partial charge on any atom is 0.410 e. The molecule has 1 amide bonds. The number of hydrogen-bond donors (Lipinski definition) is 1. The van der Waals surface area contributed by atoms with Gasteiger partial charge in [0.05, 0.1) is 18.8 Å². The molecule has 21 heavy (non-hydrogen) atoms. The summed E-state index contributed by atoms with van der Waals surface area (Å²) in [6, 6.07) is 0. The fraction of sp³-hybridized carbons (Fsp3) is 0.733. The predicted octanol–water partition coefficient (Wildman–Crippen LogP) is 2.29. The zero-order valence-electron chi connectivity index (χ0n) is 13.1. The third-order valence-corrected chi connectivity index (χ3v) is 3.10. The number of carbonyl (C=O) groups is 2. The number of hydrogen-bond acceptors (Lipinski definition) is 4. The van der Waals surface area contributed by atoms with Crippen LogP contribution in [0.5, 0.6) is 0 Å². The highest BCUT2D eigenvalue weighted by Gasteiger charge is 2.27. The van der Waals surface area contributed by atoms with Crippen LogP contribution in [0.4, 0.5) is 4.79 Å². The van der Waals surface area contributed by atoms with E-state index in [4.69, 9.17) is 14.6 Å². The topological polar surface area (TPSA) is 76.1 Å². The number of aliphatic carboxylic acids is 1. The molecule has 0 aliphatic carbocycles. The Kier molecular flexibility index (Phi) is 6.20. The quantitative estimate of drug-likeness (QED) is 0.788. The van der Waals surface area contributed by atoms with Crippen molar-refractivity contribution in [3.05, 3.63) is 12.2 Å². The Labute approximate surface area is 125 Å². The van der Waals surface area contributed by atoms with E-state index in [-0.39, 0.29) is 24.2 Å². The van der Waals surface area contributed by atoms with E-state index < -0.39 is 11.6 Å². The highest BCUT2D eigenvalue weighted by Crippen LogP contribution is 2.19. The minimum Gasteiger partial charge on any atom is -0.478 e. The summed E-state index contributed by atoms with van der Waals surface area (Å²) in [4.78, 5) is 24.3. The minimum atomic E-state index is -1.05. The van der Waals surface area contributed by atoms with Crippen molar-refractivity contribution in [2.45, 2.75) is 39.2 Å². The molecule has 1 atom stereocenters. The first-order valence-corrected chi connectivity index (χ1v) is 7.16. The lowest BCUT2D eigenvalue weighted by atomic mass is 9.99. The lowest BCUT2D eigenvalue weighted by Crippen LogP contribution is -2.43. The summed E-state index contributed by atoms with van der Waals surface area (Å²) < 4.78 is 10.7. The maximum absolute atomic E-state index is 12.0. The average molecular weight is 299 g/mol. The molecule has 1 rings (SSSR count). The Morgan fingerprint density at radius 3 is 2.62 bits per heavy atom. The van der Waals surface area contributed by atoms with Gasteiger partial charge >= 0.3 is 12.1 Å². The molecule has 1 N–H and O–H groups in total. The smallest absolute Gasteiger partial charge is 0.410 e. The van der Waals surface area contributed by atoms with E-state index in [0.29, 0.717) is 19.7 Å². The Hall–Kier alpha value is -1.56. The Morgan fingerprint density at radius 2 is 2.05 bits per heavy atom. The van der Waals surface area contributed by atoms with Crippen molar-refractivity contribution in [3.63, 3.8) is 0 Å². The zero-order chi connectivity index (χ0) is 16.0. The monoisotopic (exact) mass is 299 g/mol. The van der Waals surface area contributed by atoms with E-state index in [1.54, 1.807) is 4.90 Å². The summed E-state index contributed by atoms with van der Waals surface area (Å²) in [6.45, 7) is 10.6. The second-order valence-electron chi connectivity index (χ2n) is 6.36. The van der Waals surface area contributed by atoms with Crippen LogP contribution in [0.15, 0.2) is 12.2 Å². The van der Waals surface area contributed by atoms with Crippen LogP contribution in [0.25, 0.3) is 0 Å². The molecular weight excluding hydrogens is 274 g/mol. The SMILES string of the molecule is C=C(COCC1CCCN(C(=O)OC(C)(C)C)C1)C(=O)O. The molecular formula is C15H25NO5. The number of likely N-dealkylation sites (tertiary alicyclic amines) is 1. The highest BCUT2D eigenvalue weighted by atomic mass is 16.6. The van der Waals surface area contributed by atoms with Gasteiger partial charge in [0.1, 0.15) is 5.60 Å². The van der Waals surface area contributed by atoms with Crippen molar-refractivity contribution in [1.29, 1.82) is 0 Å². The Morgan fingerprint density at radius 1 is 1.38 bits per heavy atom. The Bertz CT molecular complexity index is 399. The summed E-state index contributed by atoms with van der Waals surface area (Å²) in [6.07, 6.45) is 1.55. The van der Waals surface area contributed by atoms with Crippen LogP contribution in [0, 0.1) is 5.92 Å². The highest BCUT2D eigenvalue weighted by molar-refractivity contribution is 5.85. The van der Waals surface area contributed by atoms with Gasteiger partial charge < -0.3 is 19.5 Å². The molecule has 1 unspecified atom stereocenters. The lowest BCUT2D eigenvalue weighted by molar-refractivity contribution is -0.133. The lowest BCUT2D eigenvalue weighted by Gasteiger charge is -2.34. The summed E-state index contributed by atoms with van der Waals surface area (Å²) >= 11 is 0. The van der Waals surface area contributed by atoms with Crippen LogP contribution in [-0.2, 0) is 14.3 Å². The van der Waals surface area contributed by atoms with Gasteiger partial charge in [-0.1, -0.05) is 6.58 Å². The molecule has 0 spiro atoms. The molecule has 1 aliphatic heterocycles. The number of carboxylic acid groups (broad SMARTS) is 1. The van der Waals surface area contributed by atoms with E-state index in [9.17, 15) is 9.59 Å². The van der Waals surface area contributed by atoms with E-state index in [2.05, 4.69) is 6.58 Å². The predicted molar refractivity (Wildman–Crippen MR) is 78.1 cm³/mol. The number of rotatable bonds is 5. The number of amides is 1. The van der Waals surface area contributed by atoms with Gasteiger partial charge in [0, 0.05) is 19.0 Å². The van der Waals surface area contributed by atoms with Crippen LogP contribution in [0.1, 0.15) is 33.6 Å². The van der Waals surface area contributed by atoms with Gasteiger partial charge in [0.2, 0.25) is 0 Å². The number of carbonyl (C=O) groups excluding carboxylic acids is 1. The summed E-state index contributed by atoms with van der Waals surface area (Å²) in [5, 5.41) is 8.69. The summed E-state index contributed by atoms with van der Waals surface area (Å²) in [7, 11) is 0. The van der Waals surface area contributed by atoms with Crippen molar-refractivity contribution < 1.29 is 24.2 Å². The fourth-order valence-electron chi connectivity index (χ4n) is 2.10. The average Bonchev–Trinajstić information content (AvgIpc) is 2.36. The molecule has 1 aliphatic rings.